The molecular weight excluding hydrogens is 462 g/mol. The molecular formula is C24H18ClN3O6. The SMILES string of the molecule is COc1cccc(N2C(=O)[C@@H]3[C@H](ON(c4ccc(Cl)cc4)[C@H]3c3cccc([N+](=O)[O-])c3)C2=O)c1. The second-order valence-corrected chi connectivity index (χ2v) is 8.30. The summed E-state index contributed by atoms with van der Waals surface area (Å²) in [5.74, 6) is -1.41. The number of benzene rings is 3. The van der Waals surface area contributed by atoms with E-state index >= 15 is 0 Å². The number of carbonyl (C=O) groups excluding carboxylic acids is 2. The van der Waals surface area contributed by atoms with Crippen molar-refractivity contribution in [2.75, 3.05) is 17.1 Å². The van der Waals surface area contributed by atoms with E-state index in [1.165, 1.54) is 24.3 Å². The molecule has 0 bridgehead atoms. The largest absolute Gasteiger partial charge is 0.497 e. The highest BCUT2D eigenvalue weighted by Crippen LogP contribution is 2.48. The molecule has 34 heavy (non-hydrogen) atoms. The van der Waals surface area contributed by atoms with Gasteiger partial charge in [-0.1, -0.05) is 29.8 Å². The van der Waals surface area contributed by atoms with Gasteiger partial charge in [0.15, 0.2) is 6.10 Å². The number of hydroxylamine groups is 1. The molecule has 172 valence electrons. The zero-order chi connectivity index (χ0) is 24.0. The Kier molecular flexibility index (Phi) is 5.43. The number of fused-ring (bicyclic) bond motifs is 1. The number of hydrogen-bond donors (Lipinski definition) is 0. The van der Waals surface area contributed by atoms with Crippen molar-refractivity contribution >= 4 is 40.5 Å². The zero-order valence-electron chi connectivity index (χ0n) is 17.8. The summed E-state index contributed by atoms with van der Waals surface area (Å²) in [7, 11) is 1.49. The number of halogens is 1. The van der Waals surface area contributed by atoms with Gasteiger partial charge < -0.3 is 4.74 Å². The van der Waals surface area contributed by atoms with E-state index < -0.39 is 34.8 Å². The normalized spacial score (nSPS) is 21.6. The van der Waals surface area contributed by atoms with E-state index in [0.29, 0.717) is 27.7 Å². The van der Waals surface area contributed by atoms with Crippen LogP contribution in [0.1, 0.15) is 11.6 Å². The number of hydrogen-bond acceptors (Lipinski definition) is 7. The first-order valence-electron chi connectivity index (χ1n) is 10.4. The maximum atomic E-state index is 13.6. The highest BCUT2D eigenvalue weighted by atomic mass is 35.5. The minimum Gasteiger partial charge on any atom is -0.497 e. The van der Waals surface area contributed by atoms with Gasteiger partial charge in [-0.05, 0) is 42.0 Å². The van der Waals surface area contributed by atoms with E-state index in [9.17, 15) is 19.7 Å². The van der Waals surface area contributed by atoms with Gasteiger partial charge in [-0.15, -0.1) is 0 Å². The summed E-state index contributed by atoms with van der Waals surface area (Å²) < 4.78 is 5.23. The van der Waals surface area contributed by atoms with E-state index in [4.69, 9.17) is 21.2 Å². The molecule has 0 saturated carbocycles. The molecule has 0 N–H and O–H groups in total. The number of imide groups is 1. The predicted octanol–water partition coefficient (Wildman–Crippen LogP) is 4.31. The van der Waals surface area contributed by atoms with Gasteiger partial charge in [-0.2, -0.15) is 0 Å². The van der Waals surface area contributed by atoms with Crippen molar-refractivity contribution in [3.63, 3.8) is 0 Å². The van der Waals surface area contributed by atoms with Gasteiger partial charge in [0.25, 0.3) is 11.6 Å². The lowest BCUT2D eigenvalue weighted by atomic mass is 9.90. The summed E-state index contributed by atoms with van der Waals surface area (Å²) >= 11 is 6.02. The van der Waals surface area contributed by atoms with E-state index in [-0.39, 0.29) is 5.69 Å². The molecule has 0 radical (unpaired) electrons. The van der Waals surface area contributed by atoms with Crippen molar-refractivity contribution in [1.82, 2.24) is 0 Å². The van der Waals surface area contributed by atoms with E-state index in [1.54, 1.807) is 60.7 Å². The van der Waals surface area contributed by atoms with Crippen LogP contribution in [0.15, 0.2) is 72.8 Å². The Morgan fingerprint density at radius 3 is 2.41 bits per heavy atom. The van der Waals surface area contributed by atoms with Gasteiger partial charge in [-0.3, -0.25) is 24.5 Å². The fraction of sp³-hybridized carbons (Fsp3) is 0.167. The summed E-state index contributed by atoms with van der Waals surface area (Å²) in [6.07, 6.45) is -1.10. The van der Waals surface area contributed by atoms with Gasteiger partial charge in [-0.25, -0.2) is 9.96 Å². The molecule has 2 aliphatic heterocycles. The summed E-state index contributed by atoms with van der Waals surface area (Å²) in [6.45, 7) is 0. The van der Waals surface area contributed by atoms with Crippen molar-refractivity contribution in [3.05, 3.63) is 93.5 Å². The smallest absolute Gasteiger partial charge is 0.269 e. The number of amides is 2. The van der Waals surface area contributed by atoms with E-state index in [0.717, 1.165) is 4.90 Å². The molecule has 0 spiro atoms. The van der Waals surface area contributed by atoms with Crippen LogP contribution in [-0.2, 0) is 14.4 Å². The average molecular weight is 480 g/mol. The van der Waals surface area contributed by atoms with Gasteiger partial charge in [0.1, 0.15) is 11.7 Å². The number of non-ortho nitro benzene ring substituents is 1. The molecule has 2 fully saturated rings. The van der Waals surface area contributed by atoms with Crippen LogP contribution in [0, 0.1) is 16.0 Å². The molecule has 2 amide bonds. The second kappa shape index (κ2) is 8.44. The Morgan fingerprint density at radius 1 is 0.971 bits per heavy atom. The number of methoxy groups -OCH3 is 1. The van der Waals surface area contributed by atoms with Gasteiger partial charge >= 0.3 is 0 Å². The van der Waals surface area contributed by atoms with Crippen LogP contribution in [-0.4, -0.2) is 30.0 Å². The molecule has 0 unspecified atom stereocenters. The van der Waals surface area contributed by atoms with Gasteiger partial charge in [0.05, 0.1) is 29.4 Å². The minimum atomic E-state index is -1.10. The first kappa shape index (κ1) is 21.9. The second-order valence-electron chi connectivity index (χ2n) is 7.86. The van der Waals surface area contributed by atoms with Crippen LogP contribution in [0.25, 0.3) is 0 Å². The monoisotopic (exact) mass is 479 g/mol. The molecule has 3 aromatic carbocycles. The minimum absolute atomic E-state index is 0.126. The fourth-order valence-corrected chi connectivity index (χ4v) is 4.52. The molecule has 10 heteroatoms. The maximum absolute atomic E-state index is 13.6. The summed E-state index contributed by atoms with van der Waals surface area (Å²) in [6, 6.07) is 18.5. The molecule has 2 saturated heterocycles. The Morgan fingerprint density at radius 2 is 1.71 bits per heavy atom. The average Bonchev–Trinajstić information content (AvgIpc) is 3.35. The van der Waals surface area contributed by atoms with Crippen molar-refractivity contribution in [1.29, 1.82) is 0 Å². The number of nitrogens with zero attached hydrogens (tertiary/aromatic N) is 3. The van der Waals surface area contributed by atoms with Crippen LogP contribution in [0.4, 0.5) is 17.1 Å². The standard InChI is InChI=1S/C24H18ClN3O6/c1-33-19-7-3-5-17(13-19)26-23(29)20-21(14-4-2-6-18(12-14)28(31)32)27(34-22(20)24(26)30)16-10-8-15(25)9-11-16/h2-13,20-22H,1H3/t20-,21-,22-/m0/s1. The lowest BCUT2D eigenvalue weighted by Gasteiger charge is -2.28. The molecule has 2 aliphatic rings. The highest BCUT2D eigenvalue weighted by molar-refractivity contribution is 6.30. The predicted molar refractivity (Wildman–Crippen MR) is 124 cm³/mol. The molecule has 9 nitrogen and oxygen atoms in total. The Labute approximate surface area is 199 Å². The highest BCUT2D eigenvalue weighted by Gasteiger charge is 2.60. The third-order valence-corrected chi connectivity index (χ3v) is 6.18. The van der Waals surface area contributed by atoms with Crippen LogP contribution < -0.4 is 14.7 Å². The van der Waals surface area contributed by atoms with Crippen LogP contribution in [0.3, 0.4) is 0 Å². The quantitative estimate of drug-likeness (QED) is 0.305. The number of nitro groups is 1. The van der Waals surface area contributed by atoms with Crippen LogP contribution >= 0.6 is 11.6 Å². The van der Waals surface area contributed by atoms with Crippen molar-refractivity contribution < 1.29 is 24.1 Å². The number of nitro benzene ring substituents is 1. The lowest BCUT2D eigenvalue weighted by Crippen LogP contribution is -2.37. The molecule has 5 rings (SSSR count). The maximum Gasteiger partial charge on any atom is 0.269 e. The van der Waals surface area contributed by atoms with Crippen LogP contribution in [0.2, 0.25) is 5.02 Å². The summed E-state index contributed by atoms with van der Waals surface area (Å²) in [5, 5.41) is 13.4. The summed E-state index contributed by atoms with van der Waals surface area (Å²) in [5.41, 5.74) is 1.27. The number of anilines is 2. The van der Waals surface area contributed by atoms with Crippen molar-refractivity contribution in [2.45, 2.75) is 12.1 Å². The molecule has 2 heterocycles. The third kappa shape index (κ3) is 3.55. The van der Waals surface area contributed by atoms with Crippen molar-refractivity contribution in [3.8, 4) is 5.75 Å². The topological polar surface area (TPSA) is 102 Å². The molecule has 0 aliphatic carbocycles. The third-order valence-electron chi connectivity index (χ3n) is 5.93. The molecule has 3 atom stereocenters. The van der Waals surface area contributed by atoms with Crippen molar-refractivity contribution in [2.24, 2.45) is 5.92 Å². The van der Waals surface area contributed by atoms with Gasteiger partial charge in [0, 0.05) is 23.2 Å². The molecule has 3 aromatic rings. The van der Waals surface area contributed by atoms with Crippen LogP contribution in [0.5, 0.6) is 5.75 Å². The fourth-order valence-electron chi connectivity index (χ4n) is 4.39. The number of carbonyl (C=O) groups is 2. The Balaban J connectivity index is 1.60. The Bertz CT molecular complexity index is 1300. The Hall–Kier alpha value is -3.95. The van der Waals surface area contributed by atoms with Gasteiger partial charge in [0.2, 0.25) is 5.91 Å². The van der Waals surface area contributed by atoms with E-state index in [1.807, 2.05) is 0 Å². The lowest BCUT2D eigenvalue weighted by molar-refractivity contribution is -0.384. The van der Waals surface area contributed by atoms with E-state index in [2.05, 4.69) is 0 Å². The summed E-state index contributed by atoms with van der Waals surface area (Å²) in [4.78, 5) is 45.0. The number of ether oxygens (including phenoxy) is 1. The first-order chi connectivity index (χ1) is 16.4. The molecule has 0 aromatic heterocycles. The first-order valence-corrected chi connectivity index (χ1v) is 10.7. The number of rotatable bonds is 5. The zero-order valence-corrected chi connectivity index (χ0v) is 18.6.